The second kappa shape index (κ2) is 16.0. The van der Waals surface area contributed by atoms with Crippen molar-refractivity contribution >= 4 is 40.5 Å². The van der Waals surface area contributed by atoms with Crippen molar-refractivity contribution < 1.29 is 28.7 Å². The lowest BCUT2D eigenvalue weighted by atomic mass is 9.94. The summed E-state index contributed by atoms with van der Waals surface area (Å²) in [7, 11) is 1.52. The van der Waals surface area contributed by atoms with Crippen molar-refractivity contribution in [1.29, 1.82) is 0 Å². The highest BCUT2D eigenvalue weighted by Crippen LogP contribution is 2.27. The zero-order valence-corrected chi connectivity index (χ0v) is 28.3. The highest BCUT2D eigenvalue weighted by Gasteiger charge is 2.42. The van der Waals surface area contributed by atoms with Gasteiger partial charge in [0.25, 0.3) is 5.91 Å². The average molecular weight is 636 g/mol. The van der Waals surface area contributed by atoms with E-state index in [9.17, 15) is 19.2 Å². The zero-order chi connectivity index (χ0) is 34.2. The van der Waals surface area contributed by atoms with Crippen LogP contribution >= 0.6 is 0 Å². The van der Waals surface area contributed by atoms with Crippen LogP contribution in [0, 0.1) is 11.8 Å². The van der Waals surface area contributed by atoms with Gasteiger partial charge in [0.05, 0.1) is 17.7 Å². The van der Waals surface area contributed by atoms with Crippen molar-refractivity contribution in [2.24, 2.45) is 11.8 Å². The van der Waals surface area contributed by atoms with Gasteiger partial charge in [-0.15, -0.1) is 0 Å². The van der Waals surface area contributed by atoms with Gasteiger partial charge in [-0.3, -0.25) is 24.4 Å². The van der Waals surface area contributed by atoms with E-state index >= 15 is 0 Å². The smallest absolute Gasteiger partial charge is 0.328 e. The lowest BCUT2D eigenvalue weighted by molar-refractivity contribution is -0.164. The van der Waals surface area contributed by atoms with Crippen LogP contribution in [0.3, 0.4) is 0 Å². The van der Waals surface area contributed by atoms with Crippen LogP contribution in [0.4, 0.5) is 0 Å². The average Bonchev–Trinajstić information content (AvgIpc) is 3.04. The number of amides is 3. The van der Waals surface area contributed by atoms with Crippen LogP contribution in [0.15, 0.2) is 49.2 Å². The molecule has 1 aromatic carbocycles. The number of ether oxygens (including phenoxy) is 2. The predicted molar refractivity (Wildman–Crippen MR) is 178 cm³/mol. The monoisotopic (exact) mass is 635 g/mol. The number of allylic oxidation sites excluding steroid dienone is 1. The largest absolute Gasteiger partial charge is 0.456 e. The number of hydrazine groups is 1. The molecule has 0 radical (unpaired) electrons. The molecule has 46 heavy (non-hydrogen) atoms. The minimum Gasteiger partial charge on any atom is -0.456 e. The quantitative estimate of drug-likeness (QED) is 0.220. The van der Waals surface area contributed by atoms with Crippen LogP contribution in [0.2, 0.25) is 0 Å². The normalized spacial score (nSPS) is 20.1. The molecule has 11 nitrogen and oxygen atoms in total. The molecule has 1 aliphatic rings. The van der Waals surface area contributed by atoms with Gasteiger partial charge in [-0.2, -0.15) is 0 Å². The second-order valence-electron chi connectivity index (χ2n) is 12.5. The number of carbonyl (C=O) groups excluding carboxylic acids is 4. The summed E-state index contributed by atoms with van der Waals surface area (Å²) in [6.45, 7) is 16.4. The van der Waals surface area contributed by atoms with E-state index in [1.807, 2.05) is 52.0 Å². The molecule has 2 heterocycles. The minimum atomic E-state index is -1.15. The molecular weight excluding hydrogens is 586 g/mol. The second-order valence-corrected chi connectivity index (χ2v) is 12.5. The van der Waals surface area contributed by atoms with Gasteiger partial charge in [0.15, 0.2) is 0 Å². The van der Waals surface area contributed by atoms with Gasteiger partial charge in [0, 0.05) is 25.2 Å². The van der Waals surface area contributed by atoms with Crippen molar-refractivity contribution in [3.05, 3.63) is 60.5 Å². The van der Waals surface area contributed by atoms with Crippen molar-refractivity contribution in [3.8, 4) is 0 Å². The molecule has 1 aliphatic heterocycles. The molecule has 1 aromatic heterocycles. The molecule has 0 aliphatic carbocycles. The number of rotatable bonds is 13. The first-order chi connectivity index (χ1) is 21.7. The number of aromatic nitrogens is 1. The maximum absolute atomic E-state index is 13.5. The number of hydrogen-bond acceptors (Lipinski definition) is 8. The first-order valence-corrected chi connectivity index (χ1v) is 15.8. The standard InChI is InChI=1S/C35H49N5O6/c1-10-13-29(45-9)22(5)31(41)38-30(21(3)4)32(42)37-23(6)33(43)40-17-12-16-35(8,39-40)34(44)46-24(7)25-14-15-26-20-36-28(11-2)19-27(26)18-25/h10-11,13-15,18-24,29-30,39H,2,12,16-17H2,1,3-9H3,(H,37,42)(H,38,41)/b13-10+/t22?,23?,24-,29?,30+,35?/m1/s1. The molecule has 0 saturated carbocycles. The van der Waals surface area contributed by atoms with Gasteiger partial charge in [0.1, 0.15) is 23.7 Å². The summed E-state index contributed by atoms with van der Waals surface area (Å²) in [5, 5.41) is 8.85. The van der Waals surface area contributed by atoms with E-state index in [1.165, 1.54) is 12.1 Å². The number of nitrogens with zero attached hydrogens (tertiary/aromatic N) is 2. The van der Waals surface area contributed by atoms with E-state index < -0.39 is 53.5 Å². The van der Waals surface area contributed by atoms with Crippen molar-refractivity contribution in [1.82, 2.24) is 26.1 Å². The summed E-state index contributed by atoms with van der Waals surface area (Å²) < 4.78 is 11.3. The molecule has 3 rings (SSSR count). The Hall–Kier alpha value is -4.09. The number of methoxy groups -OCH3 is 1. The van der Waals surface area contributed by atoms with E-state index in [0.717, 1.165) is 22.0 Å². The molecule has 250 valence electrons. The molecule has 11 heteroatoms. The van der Waals surface area contributed by atoms with Crippen LogP contribution < -0.4 is 16.1 Å². The summed E-state index contributed by atoms with van der Waals surface area (Å²) in [5.41, 5.74) is 3.49. The fourth-order valence-electron chi connectivity index (χ4n) is 5.42. The molecule has 4 unspecified atom stereocenters. The summed E-state index contributed by atoms with van der Waals surface area (Å²) in [6, 6.07) is 5.94. The van der Waals surface area contributed by atoms with Gasteiger partial charge in [0.2, 0.25) is 11.8 Å². The maximum atomic E-state index is 13.5. The summed E-state index contributed by atoms with van der Waals surface area (Å²) in [6.07, 6.45) is 7.08. The Kier molecular flexibility index (Phi) is 12.6. The van der Waals surface area contributed by atoms with Crippen molar-refractivity contribution in [3.63, 3.8) is 0 Å². The summed E-state index contributed by atoms with van der Waals surface area (Å²) in [4.78, 5) is 57.5. The van der Waals surface area contributed by atoms with E-state index in [1.54, 1.807) is 45.2 Å². The van der Waals surface area contributed by atoms with Gasteiger partial charge in [-0.25, -0.2) is 10.2 Å². The van der Waals surface area contributed by atoms with Crippen LogP contribution in [-0.4, -0.2) is 71.1 Å². The molecule has 1 saturated heterocycles. The van der Waals surface area contributed by atoms with E-state index in [4.69, 9.17) is 9.47 Å². The Labute approximate surface area is 272 Å². The third-order valence-electron chi connectivity index (χ3n) is 8.42. The molecular formula is C35H49N5O6. The van der Waals surface area contributed by atoms with Gasteiger partial charge in [-0.05, 0) is 75.6 Å². The molecule has 3 N–H and O–H groups in total. The third kappa shape index (κ3) is 8.79. The van der Waals surface area contributed by atoms with Crippen molar-refractivity contribution in [2.75, 3.05) is 13.7 Å². The van der Waals surface area contributed by atoms with Crippen LogP contribution in [-0.2, 0) is 28.7 Å². The number of hydrogen-bond donors (Lipinski definition) is 3. The SMILES string of the molecule is C=Cc1cc2cc([C@@H](C)OC(=O)C3(C)CCCN(C(=O)C(C)NC(=O)[C@@H](NC(=O)C(C)C(/C=C/C)OC)C(C)C)N3)ccc2cn1. The predicted octanol–water partition coefficient (Wildman–Crippen LogP) is 4.24. The van der Waals surface area contributed by atoms with Gasteiger partial charge >= 0.3 is 5.97 Å². The lowest BCUT2D eigenvalue weighted by Gasteiger charge is -2.41. The molecule has 2 aromatic rings. The number of benzene rings is 1. The fourth-order valence-corrected chi connectivity index (χ4v) is 5.42. The summed E-state index contributed by atoms with van der Waals surface area (Å²) in [5.74, 6) is -2.47. The third-order valence-corrected chi connectivity index (χ3v) is 8.42. The highest BCUT2D eigenvalue weighted by atomic mass is 16.5. The maximum Gasteiger partial charge on any atom is 0.328 e. The van der Waals surface area contributed by atoms with E-state index in [2.05, 4.69) is 27.6 Å². The minimum absolute atomic E-state index is 0.238. The highest BCUT2D eigenvalue weighted by molar-refractivity contribution is 5.93. The number of esters is 1. The Balaban J connectivity index is 1.63. The number of carbonyl (C=O) groups is 4. The Morgan fingerprint density at radius 2 is 1.78 bits per heavy atom. The zero-order valence-electron chi connectivity index (χ0n) is 28.3. The number of nitrogens with one attached hydrogen (secondary N) is 3. The molecule has 0 bridgehead atoms. The van der Waals surface area contributed by atoms with E-state index in [0.29, 0.717) is 19.4 Å². The Morgan fingerprint density at radius 1 is 1.07 bits per heavy atom. The molecule has 6 atom stereocenters. The molecule has 3 amide bonds. The fraction of sp³-hybridized carbons (Fsp3) is 0.514. The van der Waals surface area contributed by atoms with Gasteiger partial charge < -0.3 is 20.1 Å². The van der Waals surface area contributed by atoms with Crippen LogP contribution in [0.25, 0.3) is 16.8 Å². The Bertz CT molecular complexity index is 1460. The van der Waals surface area contributed by atoms with E-state index in [-0.39, 0.29) is 11.8 Å². The summed E-state index contributed by atoms with van der Waals surface area (Å²) >= 11 is 0. The van der Waals surface area contributed by atoms with Crippen molar-refractivity contribution in [2.45, 2.75) is 91.1 Å². The topological polar surface area (TPSA) is 139 Å². The lowest BCUT2D eigenvalue weighted by Crippen LogP contribution is -2.65. The van der Waals surface area contributed by atoms with Gasteiger partial charge in [-0.1, -0.05) is 51.6 Å². The van der Waals surface area contributed by atoms with Crippen LogP contribution in [0.5, 0.6) is 0 Å². The molecule has 1 fully saturated rings. The first kappa shape index (κ1) is 36.4. The Morgan fingerprint density at radius 3 is 2.41 bits per heavy atom. The molecule has 0 spiro atoms. The first-order valence-electron chi connectivity index (χ1n) is 15.8. The number of pyridine rings is 1. The number of fused-ring (bicyclic) bond motifs is 1. The van der Waals surface area contributed by atoms with Crippen LogP contribution in [0.1, 0.15) is 78.7 Å².